The molecule has 0 spiro atoms. The zero-order valence-electron chi connectivity index (χ0n) is 14.6. The maximum Gasteiger partial charge on any atom is 0.407 e. The van der Waals surface area contributed by atoms with Crippen molar-refractivity contribution in [3.8, 4) is 11.8 Å². The van der Waals surface area contributed by atoms with Crippen molar-refractivity contribution in [2.45, 2.75) is 51.2 Å². The van der Waals surface area contributed by atoms with Crippen LogP contribution in [-0.2, 0) is 9.53 Å². The number of aryl methyl sites for hydroxylation is 1. The van der Waals surface area contributed by atoms with Gasteiger partial charge in [0, 0.05) is 31.0 Å². The molecule has 0 aromatic heterocycles. The summed E-state index contributed by atoms with van der Waals surface area (Å²) in [7, 11) is 0. The van der Waals surface area contributed by atoms with Gasteiger partial charge in [0.25, 0.3) is 0 Å². The van der Waals surface area contributed by atoms with Gasteiger partial charge in [0.05, 0.1) is 0 Å². The van der Waals surface area contributed by atoms with Crippen LogP contribution in [0.15, 0.2) is 24.3 Å². The maximum atomic E-state index is 11.8. The molecule has 1 saturated carbocycles. The van der Waals surface area contributed by atoms with Crippen LogP contribution < -0.4 is 0 Å². The van der Waals surface area contributed by atoms with Crippen molar-refractivity contribution in [2.75, 3.05) is 6.54 Å². The molecule has 2 aliphatic rings. The standard InChI is InChI=1S/C20H23NO4/c1-14-5-3-6-16(13-14)8-11-20(25-15(2)22)10-4-7-18-17(20)9-12-21(18)19(23)24/h3,5-6,13,17-18H,4,7,9-10,12H2,1-2H3,(H,23,24)/t17-,18-,20-/m1/s1. The number of hydrogen-bond acceptors (Lipinski definition) is 3. The van der Waals surface area contributed by atoms with Crippen LogP contribution in [0, 0.1) is 24.7 Å². The lowest BCUT2D eigenvalue weighted by Crippen LogP contribution is -2.51. The fraction of sp³-hybridized carbons (Fsp3) is 0.500. The number of hydrogen-bond donors (Lipinski definition) is 1. The van der Waals surface area contributed by atoms with Crippen LogP contribution in [0.2, 0.25) is 0 Å². The number of likely N-dealkylation sites (tertiary alicyclic amines) is 1. The summed E-state index contributed by atoms with van der Waals surface area (Å²) < 4.78 is 5.74. The second kappa shape index (κ2) is 6.79. The van der Waals surface area contributed by atoms with Gasteiger partial charge >= 0.3 is 12.1 Å². The summed E-state index contributed by atoms with van der Waals surface area (Å²) in [4.78, 5) is 24.7. The van der Waals surface area contributed by atoms with Gasteiger partial charge in [-0.25, -0.2) is 4.79 Å². The normalized spacial score (nSPS) is 27.8. The molecule has 3 rings (SSSR count). The molecule has 1 saturated heterocycles. The number of amides is 1. The Labute approximate surface area is 148 Å². The first-order valence-corrected chi connectivity index (χ1v) is 8.70. The molecule has 132 valence electrons. The first-order chi connectivity index (χ1) is 11.9. The number of carbonyl (C=O) groups is 2. The first-order valence-electron chi connectivity index (χ1n) is 8.70. The van der Waals surface area contributed by atoms with Gasteiger partial charge in [0.2, 0.25) is 0 Å². The zero-order chi connectivity index (χ0) is 18.0. The average Bonchev–Trinajstić information content (AvgIpc) is 2.98. The summed E-state index contributed by atoms with van der Waals surface area (Å²) in [5.74, 6) is 5.95. The molecule has 1 heterocycles. The van der Waals surface area contributed by atoms with E-state index in [2.05, 4.69) is 11.8 Å². The van der Waals surface area contributed by atoms with Crippen LogP contribution in [0.25, 0.3) is 0 Å². The lowest BCUT2D eigenvalue weighted by Gasteiger charge is -2.42. The Kier molecular flexibility index (Phi) is 4.71. The van der Waals surface area contributed by atoms with Crippen LogP contribution >= 0.6 is 0 Å². The largest absolute Gasteiger partial charge is 0.465 e. The average molecular weight is 341 g/mol. The fourth-order valence-electron chi connectivity index (χ4n) is 4.22. The minimum absolute atomic E-state index is 0.0708. The van der Waals surface area contributed by atoms with Crippen molar-refractivity contribution >= 4 is 12.1 Å². The third-order valence-electron chi connectivity index (χ3n) is 5.20. The fourth-order valence-corrected chi connectivity index (χ4v) is 4.22. The van der Waals surface area contributed by atoms with Gasteiger partial charge in [-0.2, -0.15) is 0 Å². The van der Waals surface area contributed by atoms with Crippen LogP contribution in [-0.4, -0.2) is 40.3 Å². The van der Waals surface area contributed by atoms with E-state index in [1.165, 1.54) is 11.8 Å². The first kappa shape index (κ1) is 17.3. The van der Waals surface area contributed by atoms with Gasteiger partial charge in [-0.15, -0.1) is 0 Å². The number of carbonyl (C=O) groups excluding carboxylic acids is 1. The monoisotopic (exact) mass is 341 g/mol. The van der Waals surface area contributed by atoms with Crippen molar-refractivity contribution in [1.82, 2.24) is 4.90 Å². The van der Waals surface area contributed by atoms with E-state index in [4.69, 9.17) is 4.74 Å². The summed E-state index contributed by atoms with van der Waals surface area (Å²) in [6, 6.07) is 7.75. The Morgan fingerprint density at radius 3 is 2.84 bits per heavy atom. The van der Waals surface area contributed by atoms with Crippen molar-refractivity contribution in [3.63, 3.8) is 0 Å². The summed E-state index contributed by atoms with van der Waals surface area (Å²) in [5, 5.41) is 9.42. The highest BCUT2D eigenvalue weighted by molar-refractivity contribution is 5.68. The van der Waals surface area contributed by atoms with Gasteiger partial charge in [-0.3, -0.25) is 4.79 Å². The molecular formula is C20H23NO4. The van der Waals surface area contributed by atoms with E-state index < -0.39 is 11.7 Å². The number of ether oxygens (including phenoxy) is 1. The Balaban J connectivity index is 1.96. The Bertz CT molecular complexity index is 748. The van der Waals surface area contributed by atoms with Gasteiger partial charge in [-0.05, 0) is 56.2 Å². The van der Waals surface area contributed by atoms with Crippen molar-refractivity contribution in [3.05, 3.63) is 35.4 Å². The highest BCUT2D eigenvalue weighted by Crippen LogP contribution is 2.44. The third kappa shape index (κ3) is 3.48. The Morgan fingerprint density at radius 2 is 2.16 bits per heavy atom. The maximum absolute atomic E-state index is 11.8. The van der Waals surface area contributed by atoms with E-state index in [1.807, 2.05) is 31.2 Å². The number of esters is 1. The molecule has 3 atom stereocenters. The van der Waals surface area contributed by atoms with E-state index in [1.54, 1.807) is 0 Å². The molecule has 1 aromatic rings. The molecule has 1 amide bonds. The molecule has 1 N–H and O–H groups in total. The zero-order valence-corrected chi connectivity index (χ0v) is 14.6. The van der Waals surface area contributed by atoms with Gasteiger partial charge in [0.1, 0.15) is 0 Å². The summed E-state index contributed by atoms with van der Waals surface area (Å²) >= 11 is 0. The third-order valence-corrected chi connectivity index (χ3v) is 5.20. The summed E-state index contributed by atoms with van der Waals surface area (Å²) in [6.07, 6.45) is 2.01. The molecule has 25 heavy (non-hydrogen) atoms. The molecule has 5 nitrogen and oxygen atoms in total. The highest BCUT2D eigenvalue weighted by atomic mass is 16.6. The molecule has 0 bridgehead atoms. The molecule has 1 aliphatic carbocycles. The second-order valence-corrected chi connectivity index (χ2v) is 6.93. The number of nitrogens with zero attached hydrogens (tertiary/aromatic N) is 1. The SMILES string of the molecule is CC(=O)O[C@@]1(C#Cc2cccc(C)c2)CCC[C@@H]2[C@H]1CCN2C(=O)O. The number of carboxylic acid groups (broad SMARTS) is 1. The van der Waals surface area contributed by atoms with Crippen molar-refractivity contribution < 1.29 is 19.4 Å². The second-order valence-electron chi connectivity index (χ2n) is 6.93. The van der Waals surface area contributed by atoms with E-state index in [0.717, 1.165) is 24.0 Å². The predicted molar refractivity (Wildman–Crippen MR) is 93.0 cm³/mol. The molecule has 1 aliphatic heterocycles. The summed E-state index contributed by atoms with van der Waals surface area (Å²) in [6.45, 7) is 3.87. The van der Waals surface area contributed by atoms with E-state index in [-0.39, 0.29) is 17.9 Å². The summed E-state index contributed by atoms with van der Waals surface area (Å²) in [5.41, 5.74) is 1.09. The number of rotatable bonds is 1. The van der Waals surface area contributed by atoms with Crippen LogP contribution in [0.1, 0.15) is 43.7 Å². The lowest BCUT2D eigenvalue weighted by molar-refractivity contribution is -0.159. The topological polar surface area (TPSA) is 66.8 Å². The van der Waals surface area contributed by atoms with Gasteiger partial charge < -0.3 is 14.7 Å². The van der Waals surface area contributed by atoms with Gasteiger partial charge in [0.15, 0.2) is 5.60 Å². The molecular weight excluding hydrogens is 318 g/mol. The van der Waals surface area contributed by atoms with Crippen LogP contribution in [0.3, 0.4) is 0 Å². The predicted octanol–water partition coefficient (Wildman–Crippen LogP) is 3.20. The number of benzene rings is 1. The van der Waals surface area contributed by atoms with Crippen LogP contribution in [0.5, 0.6) is 0 Å². The van der Waals surface area contributed by atoms with Gasteiger partial charge in [-0.1, -0.05) is 18.1 Å². The minimum Gasteiger partial charge on any atom is -0.465 e. The smallest absolute Gasteiger partial charge is 0.407 e. The molecule has 2 fully saturated rings. The Hall–Kier alpha value is -2.48. The highest BCUT2D eigenvalue weighted by Gasteiger charge is 2.53. The molecule has 1 aromatic carbocycles. The van der Waals surface area contributed by atoms with E-state index in [0.29, 0.717) is 19.4 Å². The number of fused-ring (bicyclic) bond motifs is 1. The van der Waals surface area contributed by atoms with E-state index in [9.17, 15) is 14.7 Å². The van der Waals surface area contributed by atoms with Crippen LogP contribution in [0.4, 0.5) is 4.79 Å². The van der Waals surface area contributed by atoms with Crippen molar-refractivity contribution in [1.29, 1.82) is 0 Å². The minimum atomic E-state index is -0.905. The quantitative estimate of drug-likeness (QED) is 0.629. The Morgan fingerprint density at radius 1 is 1.36 bits per heavy atom. The van der Waals surface area contributed by atoms with Crippen molar-refractivity contribution in [2.24, 2.45) is 5.92 Å². The molecule has 0 radical (unpaired) electrons. The molecule has 0 unspecified atom stereocenters. The lowest BCUT2D eigenvalue weighted by atomic mass is 9.72. The van der Waals surface area contributed by atoms with E-state index >= 15 is 0 Å². The molecule has 5 heteroatoms.